The third kappa shape index (κ3) is 2.94. The summed E-state index contributed by atoms with van der Waals surface area (Å²) in [6.07, 6.45) is 4.49. The van der Waals surface area contributed by atoms with Crippen LogP contribution in [0.1, 0.15) is 32.1 Å². The van der Waals surface area contributed by atoms with Gasteiger partial charge in [0.15, 0.2) is 0 Å². The molecule has 5 nitrogen and oxygen atoms in total. The van der Waals surface area contributed by atoms with Crippen LogP contribution in [0.25, 0.3) is 0 Å². The second-order valence-electron chi connectivity index (χ2n) is 4.52. The van der Waals surface area contributed by atoms with Crippen molar-refractivity contribution in [1.82, 2.24) is 0 Å². The van der Waals surface area contributed by atoms with Gasteiger partial charge in [0.25, 0.3) is 5.69 Å². The van der Waals surface area contributed by atoms with Gasteiger partial charge in [-0.2, -0.15) is 0 Å². The van der Waals surface area contributed by atoms with E-state index in [0.29, 0.717) is 18.5 Å². The summed E-state index contributed by atoms with van der Waals surface area (Å²) in [5.41, 5.74) is -0.272. The maximum atomic E-state index is 10.6. The molecule has 0 atom stereocenters. The molecule has 1 aromatic rings. The minimum absolute atomic E-state index is 0.0365. The second-order valence-corrected chi connectivity index (χ2v) is 4.52. The van der Waals surface area contributed by atoms with Crippen LogP contribution >= 0.6 is 0 Å². The molecule has 0 aliphatic heterocycles. The molecule has 1 aromatic carbocycles. The summed E-state index contributed by atoms with van der Waals surface area (Å²) >= 11 is 0. The van der Waals surface area contributed by atoms with Gasteiger partial charge in [-0.05, 0) is 31.7 Å². The van der Waals surface area contributed by atoms with E-state index in [1.54, 1.807) is 12.1 Å². The zero-order valence-electron chi connectivity index (χ0n) is 9.56. The summed E-state index contributed by atoms with van der Waals surface area (Å²) in [6.45, 7) is 0. The third-order valence-electron chi connectivity index (χ3n) is 3.11. The largest absolute Gasteiger partial charge is 0.371 e. The van der Waals surface area contributed by atoms with Crippen molar-refractivity contribution in [1.29, 1.82) is 0 Å². The topological polar surface area (TPSA) is 75.4 Å². The lowest BCUT2D eigenvalue weighted by atomic mass is 9.91. The van der Waals surface area contributed by atoms with E-state index in [9.17, 15) is 15.2 Å². The highest BCUT2D eigenvalue weighted by Crippen LogP contribution is 2.30. The van der Waals surface area contributed by atoms with E-state index in [4.69, 9.17) is 0 Å². The molecular weight excluding hydrogens is 220 g/mol. The quantitative estimate of drug-likeness (QED) is 0.480. The van der Waals surface area contributed by atoms with E-state index in [2.05, 4.69) is 5.32 Å². The molecule has 2 N–H and O–H groups in total. The standard InChI is InChI=1S/C12H16N2O3/c15-12(7-2-1-3-8-12)13-10-5-4-6-11(9-10)14(16)17/h4-6,9,13,15H,1-3,7-8H2. The molecule has 0 radical (unpaired) electrons. The Kier molecular flexibility index (Phi) is 3.28. The Morgan fingerprint density at radius 1 is 1.29 bits per heavy atom. The summed E-state index contributed by atoms with van der Waals surface area (Å²) in [6, 6.07) is 6.24. The van der Waals surface area contributed by atoms with Crippen LogP contribution < -0.4 is 5.32 Å². The van der Waals surface area contributed by atoms with E-state index < -0.39 is 10.6 Å². The highest BCUT2D eigenvalue weighted by Gasteiger charge is 2.28. The predicted octanol–water partition coefficient (Wildman–Crippen LogP) is 2.66. The molecule has 17 heavy (non-hydrogen) atoms. The van der Waals surface area contributed by atoms with E-state index in [1.807, 2.05) is 0 Å². The zero-order chi connectivity index (χ0) is 12.3. The van der Waals surface area contributed by atoms with E-state index in [-0.39, 0.29) is 5.69 Å². The van der Waals surface area contributed by atoms with E-state index in [0.717, 1.165) is 19.3 Å². The molecule has 1 aliphatic carbocycles. The predicted molar refractivity (Wildman–Crippen MR) is 64.8 cm³/mol. The average molecular weight is 236 g/mol. The molecule has 92 valence electrons. The van der Waals surface area contributed by atoms with Crippen molar-refractivity contribution in [2.75, 3.05) is 5.32 Å². The fourth-order valence-corrected chi connectivity index (χ4v) is 2.23. The fourth-order valence-electron chi connectivity index (χ4n) is 2.23. The number of nitro groups is 1. The van der Waals surface area contributed by atoms with Crippen molar-refractivity contribution in [2.24, 2.45) is 0 Å². The van der Waals surface area contributed by atoms with Crippen molar-refractivity contribution in [3.63, 3.8) is 0 Å². The third-order valence-corrected chi connectivity index (χ3v) is 3.11. The Morgan fingerprint density at radius 3 is 2.65 bits per heavy atom. The van der Waals surface area contributed by atoms with Gasteiger partial charge in [-0.3, -0.25) is 10.1 Å². The number of benzene rings is 1. The van der Waals surface area contributed by atoms with Crippen molar-refractivity contribution >= 4 is 11.4 Å². The lowest BCUT2D eigenvalue weighted by Gasteiger charge is -2.33. The summed E-state index contributed by atoms with van der Waals surface area (Å²) < 4.78 is 0. The molecule has 1 saturated carbocycles. The highest BCUT2D eigenvalue weighted by molar-refractivity contribution is 5.52. The lowest BCUT2D eigenvalue weighted by molar-refractivity contribution is -0.384. The Bertz CT molecular complexity index is 414. The van der Waals surface area contributed by atoms with E-state index in [1.165, 1.54) is 12.1 Å². The van der Waals surface area contributed by atoms with Crippen molar-refractivity contribution in [2.45, 2.75) is 37.8 Å². The van der Waals surface area contributed by atoms with E-state index >= 15 is 0 Å². The maximum absolute atomic E-state index is 10.6. The van der Waals surface area contributed by atoms with Gasteiger partial charge in [0.05, 0.1) is 4.92 Å². The summed E-state index contributed by atoms with van der Waals surface area (Å²) in [7, 11) is 0. The molecule has 1 aliphatic rings. The Hall–Kier alpha value is -1.62. The van der Waals surface area contributed by atoms with Crippen LogP contribution in [0, 0.1) is 10.1 Å². The molecule has 0 saturated heterocycles. The molecule has 0 heterocycles. The van der Waals surface area contributed by atoms with Crippen molar-refractivity contribution in [3.8, 4) is 0 Å². The number of hydrogen-bond acceptors (Lipinski definition) is 4. The molecule has 0 amide bonds. The van der Waals surface area contributed by atoms with Gasteiger partial charge in [-0.25, -0.2) is 0 Å². The first-order valence-electron chi connectivity index (χ1n) is 5.84. The van der Waals surface area contributed by atoms with Gasteiger partial charge in [0.2, 0.25) is 0 Å². The van der Waals surface area contributed by atoms with Crippen LogP contribution in [0.2, 0.25) is 0 Å². The first-order chi connectivity index (χ1) is 8.09. The number of nitro benzene ring substituents is 1. The SMILES string of the molecule is O=[N+]([O-])c1cccc(NC2(O)CCCCC2)c1. The van der Waals surface area contributed by atoms with Gasteiger partial charge >= 0.3 is 0 Å². The Labute approximate surface area is 99.6 Å². The molecule has 0 spiro atoms. The van der Waals surface area contributed by atoms with Crippen molar-refractivity contribution < 1.29 is 10.0 Å². The minimum atomic E-state index is -0.909. The molecule has 0 unspecified atom stereocenters. The second kappa shape index (κ2) is 4.71. The Balaban J connectivity index is 2.12. The molecule has 0 aromatic heterocycles. The number of aliphatic hydroxyl groups is 1. The van der Waals surface area contributed by atoms with Crippen LogP contribution in [0.3, 0.4) is 0 Å². The van der Waals surface area contributed by atoms with Crippen LogP contribution in [0.5, 0.6) is 0 Å². The molecule has 1 fully saturated rings. The van der Waals surface area contributed by atoms with Crippen LogP contribution in [0.15, 0.2) is 24.3 Å². The summed E-state index contributed by atoms with van der Waals surface area (Å²) in [5.74, 6) is 0. The first-order valence-corrected chi connectivity index (χ1v) is 5.84. The maximum Gasteiger partial charge on any atom is 0.271 e. The van der Waals surface area contributed by atoms with Crippen molar-refractivity contribution in [3.05, 3.63) is 34.4 Å². The van der Waals surface area contributed by atoms with Crippen LogP contribution in [0.4, 0.5) is 11.4 Å². The average Bonchev–Trinajstić information content (AvgIpc) is 2.29. The Morgan fingerprint density at radius 2 is 2.00 bits per heavy atom. The normalized spacial score (nSPS) is 18.6. The monoisotopic (exact) mass is 236 g/mol. The van der Waals surface area contributed by atoms with Gasteiger partial charge in [0.1, 0.15) is 5.72 Å². The van der Waals surface area contributed by atoms with Gasteiger partial charge in [-0.1, -0.05) is 12.5 Å². The summed E-state index contributed by atoms with van der Waals surface area (Å²) in [4.78, 5) is 10.2. The molecule has 5 heteroatoms. The van der Waals surface area contributed by atoms with Crippen LogP contribution in [-0.2, 0) is 0 Å². The molecule has 2 rings (SSSR count). The number of nitrogens with zero attached hydrogens (tertiary/aromatic N) is 1. The number of hydrogen-bond donors (Lipinski definition) is 2. The highest BCUT2D eigenvalue weighted by atomic mass is 16.6. The summed E-state index contributed by atoms with van der Waals surface area (Å²) in [5, 5.41) is 23.9. The number of anilines is 1. The van der Waals surface area contributed by atoms with Gasteiger partial charge in [-0.15, -0.1) is 0 Å². The van der Waals surface area contributed by atoms with Gasteiger partial charge in [0, 0.05) is 17.8 Å². The van der Waals surface area contributed by atoms with Gasteiger partial charge < -0.3 is 10.4 Å². The molecule has 0 bridgehead atoms. The lowest BCUT2D eigenvalue weighted by Crippen LogP contribution is -2.39. The minimum Gasteiger partial charge on any atom is -0.371 e. The first kappa shape index (κ1) is 11.9. The number of non-ortho nitro benzene ring substituents is 1. The smallest absolute Gasteiger partial charge is 0.271 e. The zero-order valence-corrected chi connectivity index (χ0v) is 9.56. The number of nitrogens with one attached hydrogen (secondary N) is 1. The molecular formula is C12H16N2O3. The van der Waals surface area contributed by atoms with Crippen LogP contribution in [-0.4, -0.2) is 15.8 Å². The number of rotatable bonds is 3. The fraction of sp³-hybridized carbons (Fsp3) is 0.500.